The maximum absolute atomic E-state index is 13.0. The molecule has 3 heterocycles. The fourth-order valence-electron chi connectivity index (χ4n) is 3.92. The number of hydrogen-bond acceptors (Lipinski definition) is 5. The van der Waals surface area contributed by atoms with Gasteiger partial charge in [0.25, 0.3) is 5.91 Å². The average molecular weight is 336 g/mol. The fourth-order valence-corrected chi connectivity index (χ4v) is 3.92. The van der Waals surface area contributed by atoms with Crippen LogP contribution >= 0.6 is 0 Å². The molecule has 2 fully saturated rings. The van der Waals surface area contributed by atoms with Gasteiger partial charge in [0.1, 0.15) is 5.69 Å². The number of piperidine rings is 1. The lowest BCUT2D eigenvalue weighted by molar-refractivity contribution is -0.0680. The highest BCUT2D eigenvalue weighted by Crippen LogP contribution is 2.38. The first kappa shape index (κ1) is 17.4. The number of ether oxygens (including phenoxy) is 2. The molecule has 0 aliphatic carbocycles. The lowest BCUT2D eigenvalue weighted by Crippen LogP contribution is -2.67. The topological polar surface area (TPSA) is 59.8 Å². The highest BCUT2D eigenvalue weighted by atomic mass is 16.5. The second-order valence-electron chi connectivity index (χ2n) is 6.72. The molecule has 2 aliphatic rings. The molecule has 3 rings (SSSR count). The number of aromatic nitrogens is 2. The van der Waals surface area contributed by atoms with Crippen LogP contribution in [0.25, 0.3) is 0 Å². The van der Waals surface area contributed by atoms with Crippen molar-refractivity contribution in [2.45, 2.75) is 31.3 Å². The zero-order chi connectivity index (χ0) is 17.0. The molecule has 1 amide bonds. The molecule has 1 spiro atoms. The minimum absolute atomic E-state index is 0.0845. The summed E-state index contributed by atoms with van der Waals surface area (Å²) >= 11 is 0. The Hall–Kier alpha value is -1.44. The van der Waals surface area contributed by atoms with Crippen molar-refractivity contribution in [1.82, 2.24) is 19.6 Å². The minimum Gasteiger partial charge on any atom is -0.383 e. The van der Waals surface area contributed by atoms with Crippen LogP contribution in [-0.4, -0.2) is 84.6 Å². The van der Waals surface area contributed by atoms with Crippen molar-refractivity contribution in [1.29, 1.82) is 0 Å². The molecular weight excluding hydrogens is 308 g/mol. The van der Waals surface area contributed by atoms with Crippen LogP contribution in [0.2, 0.25) is 0 Å². The first-order valence-corrected chi connectivity index (χ1v) is 8.74. The number of carbonyl (C=O) groups excluding carboxylic acids is 1. The maximum atomic E-state index is 13.0. The Balaban J connectivity index is 1.66. The van der Waals surface area contributed by atoms with Crippen LogP contribution < -0.4 is 0 Å². The molecule has 0 bridgehead atoms. The lowest BCUT2D eigenvalue weighted by Gasteiger charge is -2.57. The van der Waals surface area contributed by atoms with E-state index in [0.717, 1.165) is 39.2 Å². The number of methoxy groups -OCH3 is 2. The van der Waals surface area contributed by atoms with Gasteiger partial charge < -0.3 is 14.4 Å². The van der Waals surface area contributed by atoms with Crippen molar-refractivity contribution in [3.05, 3.63) is 18.0 Å². The molecule has 24 heavy (non-hydrogen) atoms. The Morgan fingerprint density at radius 1 is 1.21 bits per heavy atom. The summed E-state index contributed by atoms with van der Waals surface area (Å²) in [5, 5.41) is 4.26. The third kappa shape index (κ3) is 3.34. The SMILES string of the molecule is COCCN1CCC12CCCN(C(=O)c1ccnn1CCOC)C2. The summed E-state index contributed by atoms with van der Waals surface area (Å²) in [7, 11) is 3.40. The molecule has 1 atom stereocenters. The Morgan fingerprint density at radius 2 is 2.00 bits per heavy atom. The fraction of sp³-hybridized carbons (Fsp3) is 0.765. The van der Waals surface area contributed by atoms with Crippen LogP contribution in [0.4, 0.5) is 0 Å². The molecule has 134 valence electrons. The van der Waals surface area contributed by atoms with Gasteiger partial charge in [-0.3, -0.25) is 14.4 Å². The first-order valence-electron chi connectivity index (χ1n) is 8.74. The Morgan fingerprint density at radius 3 is 2.71 bits per heavy atom. The van der Waals surface area contributed by atoms with Gasteiger partial charge in [0, 0.05) is 52.1 Å². The number of hydrogen-bond donors (Lipinski definition) is 0. The molecule has 0 aromatic carbocycles. The molecule has 0 radical (unpaired) electrons. The lowest BCUT2D eigenvalue weighted by atomic mass is 9.77. The van der Waals surface area contributed by atoms with Crippen LogP contribution in [-0.2, 0) is 16.0 Å². The third-order valence-corrected chi connectivity index (χ3v) is 5.37. The highest BCUT2D eigenvalue weighted by Gasteiger charge is 2.47. The first-order chi connectivity index (χ1) is 11.7. The van der Waals surface area contributed by atoms with Crippen LogP contribution in [0.5, 0.6) is 0 Å². The summed E-state index contributed by atoms with van der Waals surface area (Å²) in [4.78, 5) is 17.5. The predicted molar refractivity (Wildman–Crippen MR) is 90.0 cm³/mol. The van der Waals surface area contributed by atoms with Crippen molar-refractivity contribution in [2.24, 2.45) is 0 Å². The Labute approximate surface area is 143 Å². The van der Waals surface area contributed by atoms with Gasteiger partial charge in [0.15, 0.2) is 0 Å². The van der Waals surface area contributed by atoms with E-state index < -0.39 is 0 Å². The van der Waals surface area contributed by atoms with Crippen LogP contribution in [0.1, 0.15) is 29.8 Å². The zero-order valence-electron chi connectivity index (χ0n) is 14.7. The van der Waals surface area contributed by atoms with Gasteiger partial charge in [-0.15, -0.1) is 0 Å². The third-order valence-electron chi connectivity index (χ3n) is 5.37. The Kier molecular flexibility index (Phi) is 5.53. The van der Waals surface area contributed by atoms with E-state index in [0.29, 0.717) is 18.8 Å². The van der Waals surface area contributed by atoms with Crippen molar-refractivity contribution in [3.63, 3.8) is 0 Å². The second-order valence-corrected chi connectivity index (χ2v) is 6.72. The molecule has 2 saturated heterocycles. The minimum atomic E-state index is 0.0845. The van der Waals surface area contributed by atoms with Gasteiger partial charge in [-0.1, -0.05) is 0 Å². The quantitative estimate of drug-likeness (QED) is 0.739. The summed E-state index contributed by atoms with van der Waals surface area (Å²) in [6.07, 6.45) is 5.09. The summed E-state index contributed by atoms with van der Waals surface area (Å²) in [5.41, 5.74) is 0.816. The molecule has 0 saturated carbocycles. The smallest absolute Gasteiger partial charge is 0.272 e. The van der Waals surface area contributed by atoms with Crippen molar-refractivity contribution in [2.75, 3.05) is 53.6 Å². The second kappa shape index (κ2) is 7.63. The van der Waals surface area contributed by atoms with E-state index in [2.05, 4.69) is 10.00 Å². The largest absolute Gasteiger partial charge is 0.383 e. The van der Waals surface area contributed by atoms with Crippen LogP contribution in [0.3, 0.4) is 0 Å². The van der Waals surface area contributed by atoms with Crippen molar-refractivity contribution < 1.29 is 14.3 Å². The standard InChI is InChI=1S/C17H28N4O3/c1-23-12-10-20-9-6-17(20)5-3-8-19(14-17)16(22)15-4-7-18-21(15)11-13-24-2/h4,7H,3,5-6,8-14H2,1-2H3. The maximum Gasteiger partial charge on any atom is 0.272 e. The number of carbonyl (C=O) groups is 1. The summed E-state index contributed by atoms with van der Waals surface area (Å²) in [6.45, 7) is 5.60. The van der Waals surface area contributed by atoms with Gasteiger partial charge in [0.05, 0.1) is 19.8 Å². The zero-order valence-corrected chi connectivity index (χ0v) is 14.7. The molecule has 1 unspecified atom stereocenters. The normalized spacial score (nSPS) is 24.3. The number of likely N-dealkylation sites (tertiary alicyclic amines) is 2. The summed E-state index contributed by atoms with van der Waals surface area (Å²) in [6, 6.07) is 1.81. The molecule has 2 aliphatic heterocycles. The van der Waals surface area contributed by atoms with E-state index >= 15 is 0 Å². The van der Waals surface area contributed by atoms with Gasteiger partial charge in [-0.05, 0) is 25.3 Å². The molecule has 0 N–H and O–H groups in total. The van der Waals surface area contributed by atoms with E-state index in [-0.39, 0.29) is 11.4 Å². The van der Waals surface area contributed by atoms with E-state index in [1.807, 2.05) is 11.0 Å². The summed E-state index contributed by atoms with van der Waals surface area (Å²) < 4.78 is 12.1. The molecular formula is C17H28N4O3. The van der Waals surface area contributed by atoms with Crippen molar-refractivity contribution in [3.8, 4) is 0 Å². The molecule has 1 aromatic rings. The average Bonchev–Trinajstić information content (AvgIpc) is 3.07. The monoisotopic (exact) mass is 336 g/mol. The van der Waals surface area contributed by atoms with E-state index in [4.69, 9.17) is 9.47 Å². The summed E-state index contributed by atoms with van der Waals surface area (Å²) in [5.74, 6) is 0.0845. The van der Waals surface area contributed by atoms with Gasteiger partial charge in [-0.2, -0.15) is 5.10 Å². The van der Waals surface area contributed by atoms with E-state index in [1.165, 1.54) is 12.8 Å². The number of rotatable bonds is 7. The van der Waals surface area contributed by atoms with Gasteiger partial charge >= 0.3 is 0 Å². The number of nitrogens with zero attached hydrogens (tertiary/aromatic N) is 4. The van der Waals surface area contributed by atoms with Crippen LogP contribution in [0, 0.1) is 0 Å². The van der Waals surface area contributed by atoms with Gasteiger partial charge in [-0.25, -0.2) is 0 Å². The molecule has 1 aromatic heterocycles. The van der Waals surface area contributed by atoms with Crippen LogP contribution in [0.15, 0.2) is 12.3 Å². The predicted octanol–water partition coefficient (Wildman–Crippen LogP) is 0.856. The van der Waals surface area contributed by atoms with E-state index in [9.17, 15) is 4.79 Å². The van der Waals surface area contributed by atoms with Crippen molar-refractivity contribution >= 4 is 5.91 Å². The Bertz CT molecular complexity index is 562. The number of amides is 1. The molecule has 7 heteroatoms. The van der Waals surface area contributed by atoms with E-state index in [1.54, 1.807) is 25.1 Å². The highest BCUT2D eigenvalue weighted by molar-refractivity contribution is 5.92. The van der Waals surface area contributed by atoms with Gasteiger partial charge in [0.2, 0.25) is 0 Å². The molecule has 7 nitrogen and oxygen atoms in total.